The van der Waals surface area contributed by atoms with Gasteiger partial charge in [0.05, 0.1) is 0 Å². The van der Waals surface area contributed by atoms with E-state index in [9.17, 15) is 19.5 Å². The maximum absolute atomic E-state index is 13.1. The van der Waals surface area contributed by atoms with Crippen LogP contribution in [0.5, 0.6) is 0 Å². The fourth-order valence-electron chi connectivity index (χ4n) is 3.87. The zero-order chi connectivity index (χ0) is 23.5. The Bertz CT molecular complexity index is 1250. The average molecular weight is 447 g/mol. The molecule has 2 aromatic heterocycles. The number of carbonyl (C=O) groups excluding carboxylic acids is 2. The molecule has 33 heavy (non-hydrogen) atoms. The van der Waals surface area contributed by atoms with E-state index in [0.29, 0.717) is 5.69 Å². The largest absolute Gasteiger partial charge is 0.480 e. The van der Waals surface area contributed by atoms with Gasteiger partial charge in [0.1, 0.15) is 17.8 Å². The van der Waals surface area contributed by atoms with E-state index in [1.807, 2.05) is 54.6 Å². The van der Waals surface area contributed by atoms with E-state index in [2.05, 4.69) is 20.6 Å². The molecule has 0 aliphatic heterocycles. The predicted octanol–water partition coefficient (Wildman–Crippen LogP) is 3.22. The summed E-state index contributed by atoms with van der Waals surface area (Å²) in [5, 5.41) is 16.7. The second kappa shape index (κ2) is 9.20. The van der Waals surface area contributed by atoms with Gasteiger partial charge in [0.2, 0.25) is 5.91 Å². The monoisotopic (exact) mass is 446 g/mol. The van der Waals surface area contributed by atoms with Gasteiger partial charge in [0, 0.05) is 28.5 Å². The fourth-order valence-corrected chi connectivity index (χ4v) is 3.87. The first kappa shape index (κ1) is 22.1. The molecule has 2 atom stereocenters. The van der Waals surface area contributed by atoms with Crippen LogP contribution in [0.25, 0.3) is 21.8 Å². The number of hydrogen-bond donors (Lipinski definition) is 5. The summed E-state index contributed by atoms with van der Waals surface area (Å²) in [5.41, 5.74) is 2.80. The summed E-state index contributed by atoms with van der Waals surface area (Å²) >= 11 is 0. The minimum atomic E-state index is -1.12. The fraction of sp³-hybridized carbons (Fsp3) is 0.240. The minimum Gasteiger partial charge on any atom is -0.480 e. The van der Waals surface area contributed by atoms with E-state index < -0.39 is 29.9 Å². The maximum Gasteiger partial charge on any atom is 0.326 e. The zero-order valence-electron chi connectivity index (χ0n) is 18.4. The van der Waals surface area contributed by atoms with Gasteiger partial charge < -0.3 is 25.7 Å². The average Bonchev–Trinajstić information content (AvgIpc) is 3.39. The van der Waals surface area contributed by atoms with Gasteiger partial charge >= 0.3 is 5.97 Å². The molecule has 0 fully saturated rings. The number of H-pyrrole nitrogens is 2. The standard InChI is InChI=1S/C25H26N4O4/c1-14(2)22(25(32)33)29-24(31)21(13-17-11-15-7-3-5-9-18(15)26-17)28-23(30)20-12-16-8-4-6-10-19(16)27-20/h3-12,14,21-22,26-27H,13H2,1-2H3,(H,28,30)(H,29,31)(H,32,33). The molecule has 2 aromatic carbocycles. The molecular weight excluding hydrogens is 420 g/mol. The molecule has 0 radical (unpaired) electrons. The highest BCUT2D eigenvalue weighted by Crippen LogP contribution is 2.17. The second-order valence-corrected chi connectivity index (χ2v) is 8.45. The molecular formula is C25H26N4O4. The Kier molecular flexibility index (Phi) is 6.17. The Morgan fingerprint density at radius 3 is 2.06 bits per heavy atom. The maximum atomic E-state index is 13.1. The highest BCUT2D eigenvalue weighted by atomic mass is 16.4. The summed E-state index contributed by atoms with van der Waals surface area (Å²) in [4.78, 5) is 44.0. The van der Waals surface area contributed by atoms with Crippen LogP contribution in [-0.2, 0) is 16.0 Å². The molecule has 0 spiro atoms. The van der Waals surface area contributed by atoms with Gasteiger partial charge in [-0.25, -0.2) is 4.79 Å². The van der Waals surface area contributed by atoms with Crippen molar-refractivity contribution >= 4 is 39.6 Å². The van der Waals surface area contributed by atoms with Crippen LogP contribution in [0.15, 0.2) is 60.7 Å². The lowest BCUT2D eigenvalue weighted by Gasteiger charge is -2.23. The van der Waals surface area contributed by atoms with E-state index in [1.54, 1.807) is 19.9 Å². The lowest BCUT2D eigenvalue weighted by atomic mass is 10.0. The lowest BCUT2D eigenvalue weighted by molar-refractivity contribution is -0.143. The number of aliphatic carboxylic acids is 1. The van der Waals surface area contributed by atoms with Crippen LogP contribution in [0.4, 0.5) is 0 Å². The van der Waals surface area contributed by atoms with Crippen LogP contribution in [0.1, 0.15) is 30.0 Å². The van der Waals surface area contributed by atoms with Crippen molar-refractivity contribution < 1.29 is 19.5 Å². The highest BCUT2D eigenvalue weighted by Gasteiger charge is 2.29. The first-order chi connectivity index (χ1) is 15.8. The SMILES string of the molecule is CC(C)C(NC(=O)C(Cc1cc2ccccc2[nH]1)NC(=O)c1cc2ccccc2[nH]1)C(=O)O. The van der Waals surface area contributed by atoms with Crippen molar-refractivity contribution in [2.45, 2.75) is 32.4 Å². The van der Waals surface area contributed by atoms with Crippen molar-refractivity contribution in [1.29, 1.82) is 0 Å². The van der Waals surface area contributed by atoms with E-state index in [0.717, 1.165) is 27.5 Å². The van der Waals surface area contributed by atoms with Crippen molar-refractivity contribution in [3.63, 3.8) is 0 Å². The number of carboxylic acid groups (broad SMARTS) is 1. The molecule has 4 rings (SSSR count). The predicted molar refractivity (Wildman–Crippen MR) is 126 cm³/mol. The summed E-state index contributed by atoms with van der Waals surface area (Å²) in [6.07, 6.45) is 0.177. The summed E-state index contributed by atoms with van der Waals surface area (Å²) in [7, 11) is 0. The van der Waals surface area contributed by atoms with Crippen LogP contribution in [0, 0.1) is 5.92 Å². The molecule has 2 heterocycles. The Balaban J connectivity index is 1.59. The summed E-state index contributed by atoms with van der Waals surface area (Å²) in [6.45, 7) is 3.43. The molecule has 8 nitrogen and oxygen atoms in total. The Hall–Kier alpha value is -4.07. The number of benzene rings is 2. The number of para-hydroxylation sites is 2. The molecule has 170 valence electrons. The topological polar surface area (TPSA) is 127 Å². The number of carbonyl (C=O) groups is 3. The zero-order valence-corrected chi connectivity index (χ0v) is 18.4. The summed E-state index contributed by atoms with van der Waals surface area (Å²) < 4.78 is 0. The lowest BCUT2D eigenvalue weighted by Crippen LogP contribution is -2.54. The van der Waals surface area contributed by atoms with Gasteiger partial charge in [-0.2, -0.15) is 0 Å². The van der Waals surface area contributed by atoms with Crippen molar-refractivity contribution in [1.82, 2.24) is 20.6 Å². The normalized spacial score (nSPS) is 13.2. The van der Waals surface area contributed by atoms with Gasteiger partial charge in [-0.05, 0) is 35.6 Å². The third-order valence-corrected chi connectivity index (χ3v) is 5.64. The van der Waals surface area contributed by atoms with Crippen molar-refractivity contribution in [3.05, 3.63) is 72.1 Å². The van der Waals surface area contributed by atoms with Crippen molar-refractivity contribution in [2.75, 3.05) is 0 Å². The van der Waals surface area contributed by atoms with Gasteiger partial charge in [-0.3, -0.25) is 9.59 Å². The molecule has 2 amide bonds. The van der Waals surface area contributed by atoms with Crippen LogP contribution in [0.3, 0.4) is 0 Å². The molecule has 0 aliphatic carbocycles. The van der Waals surface area contributed by atoms with Gasteiger partial charge in [-0.1, -0.05) is 50.2 Å². The van der Waals surface area contributed by atoms with Crippen molar-refractivity contribution in [3.8, 4) is 0 Å². The highest BCUT2D eigenvalue weighted by molar-refractivity contribution is 6.00. The number of hydrogen-bond acceptors (Lipinski definition) is 3. The Morgan fingerprint density at radius 1 is 0.879 bits per heavy atom. The van der Waals surface area contributed by atoms with E-state index in [1.165, 1.54) is 0 Å². The number of amides is 2. The molecule has 5 N–H and O–H groups in total. The number of aromatic nitrogens is 2. The Labute approximate surface area is 190 Å². The van der Waals surface area contributed by atoms with E-state index in [4.69, 9.17) is 0 Å². The van der Waals surface area contributed by atoms with Gasteiger partial charge in [-0.15, -0.1) is 0 Å². The quantitative estimate of drug-likeness (QED) is 0.285. The number of aromatic amines is 2. The van der Waals surface area contributed by atoms with E-state index in [-0.39, 0.29) is 12.3 Å². The van der Waals surface area contributed by atoms with Crippen LogP contribution < -0.4 is 10.6 Å². The van der Waals surface area contributed by atoms with E-state index >= 15 is 0 Å². The molecule has 0 saturated carbocycles. The number of rotatable bonds is 8. The molecule has 0 saturated heterocycles. The summed E-state index contributed by atoms with van der Waals surface area (Å²) in [6, 6.07) is 16.8. The number of fused-ring (bicyclic) bond motifs is 2. The van der Waals surface area contributed by atoms with Gasteiger partial charge in [0.15, 0.2) is 0 Å². The molecule has 2 unspecified atom stereocenters. The second-order valence-electron chi connectivity index (χ2n) is 8.45. The molecule has 0 aliphatic rings. The number of carboxylic acids is 1. The smallest absolute Gasteiger partial charge is 0.326 e. The van der Waals surface area contributed by atoms with Crippen LogP contribution in [0.2, 0.25) is 0 Å². The van der Waals surface area contributed by atoms with Crippen LogP contribution >= 0.6 is 0 Å². The molecule has 8 heteroatoms. The first-order valence-corrected chi connectivity index (χ1v) is 10.8. The summed E-state index contributed by atoms with van der Waals surface area (Å²) in [5.74, 6) is -2.44. The number of nitrogens with one attached hydrogen (secondary N) is 4. The van der Waals surface area contributed by atoms with Gasteiger partial charge in [0.25, 0.3) is 5.91 Å². The molecule has 4 aromatic rings. The first-order valence-electron chi connectivity index (χ1n) is 10.8. The molecule has 0 bridgehead atoms. The third-order valence-electron chi connectivity index (χ3n) is 5.64. The van der Waals surface area contributed by atoms with Crippen LogP contribution in [-0.4, -0.2) is 44.9 Å². The minimum absolute atomic E-state index is 0.177. The Morgan fingerprint density at radius 2 is 1.48 bits per heavy atom. The van der Waals surface area contributed by atoms with Crippen molar-refractivity contribution in [2.24, 2.45) is 5.92 Å². The third kappa shape index (κ3) is 4.90.